The smallest absolute Gasteiger partial charge is 0.303 e. The van der Waals surface area contributed by atoms with Crippen molar-refractivity contribution in [2.24, 2.45) is 0 Å². The fourth-order valence-corrected chi connectivity index (χ4v) is 1.97. The Bertz CT molecular complexity index is 542. The first-order chi connectivity index (χ1) is 7.59. The van der Waals surface area contributed by atoms with E-state index in [9.17, 15) is 9.90 Å². The lowest BCUT2D eigenvalue weighted by Crippen LogP contribution is -1.98. The molecule has 1 heterocycles. The number of aryl methyl sites for hydroxylation is 2. The lowest BCUT2D eigenvalue weighted by molar-refractivity contribution is -0.136. The largest absolute Gasteiger partial charge is 0.507 e. The number of carbonyl (C=O) groups is 1. The van der Waals surface area contributed by atoms with Crippen molar-refractivity contribution in [1.29, 1.82) is 0 Å². The number of aliphatic carboxylic acids is 1. The Hall–Kier alpha value is -1.97. The van der Waals surface area contributed by atoms with E-state index in [1.807, 2.05) is 13.0 Å². The summed E-state index contributed by atoms with van der Waals surface area (Å²) in [7, 11) is 0. The molecule has 2 rings (SSSR count). The van der Waals surface area contributed by atoms with Gasteiger partial charge in [-0.25, -0.2) is 0 Å². The number of benzene rings is 1. The van der Waals surface area contributed by atoms with Gasteiger partial charge in [0.1, 0.15) is 5.75 Å². The Balaban J connectivity index is 2.50. The SMILES string of the molecule is Cc1[nH]c2cccc(O)c2c1CCC(=O)O. The molecule has 0 amide bonds. The Morgan fingerprint density at radius 3 is 2.88 bits per heavy atom. The number of phenols is 1. The van der Waals surface area contributed by atoms with E-state index >= 15 is 0 Å². The van der Waals surface area contributed by atoms with Crippen LogP contribution >= 0.6 is 0 Å². The Labute approximate surface area is 92.5 Å². The summed E-state index contributed by atoms with van der Waals surface area (Å²) in [6, 6.07) is 5.24. The number of hydrogen-bond donors (Lipinski definition) is 3. The zero-order valence-electron chi connectivity index (χ0n) is 8.95. The zero-order chi connectivity index (χ0) is 11.7. The molecule has 4 nitrogen and oxygen atoms in total. The number of aromatic hydroxyl groups is 1. The van der Waals surface area contributed by atoms with Gasteiger partial charge in [-0.05, 0) is 31.0 Å². The van der Waals surface area contributed by atoms with Crippen LogP contribution in [-0.2, 0) is 11.2 Å². The van der Waals surface area contributed by atoms with Crippen LogP contribution in [0.2, 0.25) is 0 Å². The van der Waals surface area contributed by atoms with Crippen LogP contribution < -0.4 is 0 Å². The molecule has 0 fully saturated rings. The predicted octanol–water partition coefficient (Wildman–Crippen LogP) is 2.20. The predicted molar refractivity (Wildman–Crippen MR) is 60.7 cm³/mol. The van der Waals surface area contributed by atoms with Gasteiger partial charge in [0.25, 0.3) is 0 Å². The number of nitrogens with one attached hydrogen (secondary N) is 1. The topological polar surface area (TPSA) is 73.3 Å². The Morgan fingerprint density at radius 1 is 1.44 bits per heavy atom. The molecule has 0 saturated heterocycles. The number of aromatic amines is 1. The van der Waals surface area contributed by atoms with Crippen LogP contribution in [-0.4, -0.2) is 21.2 Å². The van der Waals surface area contributed by atoms with Gasteiger partial charge in [-0.1, -0.05) is 6.07 Å². The van der Waals surface area contributed by atoms with Gasteiger partial charge in [0, 0.05) is 23.0 Å². The third kappa shape index (κ3) is 1.74. The summed E-state index contributed by atoms with van der Waals surface area (Å²) in [5.74, 6) is -0.633. The van der Waals surface area contributed by atoms with Crippen molar-refractivity contribution >= 4 is 16.9 Å². The highest BCUT2D eigenvalue weighted by Gasteiger charge is 2.12. The molecule has 0 aliphatic carbocycles. The minimum Gasteiger partial charge on any atom is -0.507 e. The highest BCUT2D eigenvalue weighted by atomic mass is 16.4. The van der Waals surface area contributed by atoms with Gasteiger partial charge in [0.05, 0.1) is 0 Å². The third-order valence-electron chi connectivity index (χ3n) is 2.71. The second-order valence-corrected chi connectivity index (χ2v) is 3.82. The minimum absolute atomic E-state index is 0.0716. The summed E-state index contributed by atoms with van der Waals surface area (Å²) in [5, 5.41) is 19.2. The molecule has 16 heavy (non-hydrogen) atoms. The number of hydrogen-bond acceptors (Lipinski definition) is 2. The number of phenolic OH excluding ortho intramolecular Hbond substituents is 1. The molecular weight excluding hydrogens is 206 g/mol. The van der Waals surface area contributed by atoms with Crippen molar-refractivity contribution in [2.45, 2.75) is 19.8 Å². The molecular formula is C12H13NO3. The van der Waals surface area contributed by atoms with Crippen LogP contribution in [0.5, 0.6) is 5.75 Å². The Morgan fingerprint density at radius 2 is 2.19 bits per heavy atom. The molecule has 0 atom stereocenters. The van der Waals surface area contributed by atoms with Crippen LogP contribution in [0, 0.1) is 6.92 Å². The first-order valence-electron chi connectivity index (χ1n) is 5.10. The number of fused-ring (bicyclic) bond motifs is 1. The van der Waals surface area contributed by atoms with Crippen molar-refractivity contribution in [3.63, 3.8) is 0 Å². The molecule has 0 unspecified atom stereocenters. The second-order valence-electron chi connectivity index (χ2n) is 3.82. The van der Waals surface area contributed by atoms with E-state index in [1.54, 1.807) is 12.1 Å². The maximum Gasteiger partial charge on any atom is 0.303 e. The van der Waals surface area contributed by atoms with Crippen molar-refractivity contribution in [2.75, 3.05) is 0 Å². The maximum absolute atomic E-state index is 10.6. The van der Waals surface area contributed by atoms with Gasteiger partial charge in [-0.15, -0.1) is 0 Å². The molecule has 1 aromatic heterocycles. The molecule has 0 spiro atoms. The van der Waals surface area contributed by atoms with E-state index in [2.05, 4.69) is 4.98 Å². The fourth-order valence-electron chi connectivity index (χ4n) is 1.97. The van der Waals surface area contributed by atoms with E-state index in [-0.39, 0.29) is 12.2 Å². The minimum atomic E-state index is -0.829. The van der Waals surface area contributed by atoms with Gasteiger partial charge in [-0.2, -0.15) is 0 Å². The monoisotopic (exact) mass is 219 g/mol. The average molecular weight is 219 g/mol. The summed E-state index contributed by atoms with van der Waals surface area (Å²) >= 11 is 0. The molecule has 0 radical (unpaired) electrons. The van der Waals surface area contributed by atoms with Crippen molar-refractivity contribution in [3.05, 3.63) is 29.5 Å². The van der Waals surface area contributed by atoms with Crippen LogP contribution in [0.1, 0.15) is 17.7 Å². The number of H-pyrrole nitrogens is 1. The van der Waals surface area contributed by atoms with Crippen LogP contribution in [0.15, 0.2) is 18.2 Å². The Kier molecular flexibility index (Phi) is 2.56. The molecule has 0 bridgehead atoms. The lowest BCUT2D eigenvalue weighted by Gasteiger charge is -2.00. The molecule has 84 valence electrons. The number of carboxylic acids is 1. The zero-order valence-corrected chi connectivity index (χ0v) is 8.95. The summed E-state index contributed by atoms with van der Waals surface area (Å²) < 4.78 is 0. The van der Waals surface area contributed by atoms with E-state index in [4.69, 9.17) is 5.11 Å². The lowest BCUT2D eigenvalue weighted by atomic mass is 10.1. The molecule has 4 heteroatoms. The van der Waals surface area contributed by atoms with Crippen LogP contribution in [0.4, 0.5) is 0 Å². The van der Waals surface area contributed by atoms with E-state index < -0.39 is 5.97 Å². The van der Waals surface area contributed by atoms with Gasteiger partial charge in [0.2, 0.25) is 0 Å². The molecule has 0 saturated carbocycles. The normalized spacial score (nSPS) is 10.8. The van der Waals surface area contributed by atoms with Gasteiger partial charge >= 0.3 is 5.97 Å². The van der Waals surface area contributed by atoms with Gasteiger partial charge in [0.15, 0.2) is 0 Å². The molecule has 0 aliphatic heterocycles. The number of aromatic nitrogens is 1. The molecule has 2 aromatic rings. The number of rotatable bonds is 3. The van der Waals surface area contributed by atoms with Crippen molar-refractivity contribution < 1.29 is 15.0 Å². The van der Waals surface area contributed by atoms with Crippen molar-refractivity contribution in [3.8, 4) is 5.75 Å². The molecule has 0 aliphatic rings. The van der Waals surface area contributed by atoms with Gasteiger partial charge < -0.3 is 15.2 Å². The van der Waals surface area contributed by atoms with Crippen LogP contribution in [0.25, 0.3) is 10.9 Å². The molecule has 3 N–H and O–H groups in total. The first kappa shape index (κ1) is 10.5. The standard InChI is InChI=1S/C12H13NO3/c1-7-8(5-6-11(15)16)12-9(13-7)3-2-4-10(12)14/h2-4,13-14H,5-6H2,1H3,(H,15,16). The van der Waals surface area contributed by atoms with E-state index in [1.165, 1.54) is 0 Å². The van der Waals surface area contributed by atoms with Crippen molar-refractivity contribution in [1.82, 2.24) is 4.98 Å². The van der Waals surface area contributed by atoms with E-state index in [0.717, 1.165) is 22.2 Å². The highest BCUT2D eigenvalue weighted by molar-refractivity contribution is 5.90. The van der Waals surface area contributed by atoms with Crippen LogP contribution in [0.3, 0.4) is 0 Å². The second kappa shape index (κ2) is 3.89. The number of carboxylic acid groups (broad SMARTS) is 1. The fraction of sp³-hybridized carbons (Fsp3) is 0.250. The maximum atomic E-state index is 10.6. The summed E-state index contributed by atoms with van der Waals surface area (Å²) in [5.41, 5.74) is 2.64. The summed E-state index contributed by atoms with van der Waals surface area (Å²) in [6.45, 7) is 1.89. The van der Waals surface area contributed by atoms with E-state index in [0.29, 0.717) is 6.42 Å². The quantitative estimate of drug-likeness (QED) is 0.740. The average Bonchev–Trinajstić information content (AvgIpc) is 2.52. The molecule has 1 aromatic carbocycles. The third-order valence-corrected chi connectivity index (χ3v) is 2.71. The first-order valence-corrected chi connectivity index (χ1v) is 5.10. The van der Waals surface area contributed by atoms with Gasteiger partial charge in [-0.3, -0.25) is 4.79 Å². The summed E-state index contributed by atoms with van der Waals surface area (Å²) in [4.78, 5) is 13.7. The highest BCUT2D eigenvalue weighted by Crippen LogP contribution is 2.30. The summed E-state index contributed by atoms with van der Waals surface area (Å²) in [6.07, 6.45) is 0.501.